The van der Waals surface area contributed by atoms with E-state index in [1.165, 1.54) is 17.8 Å². The van der Waals surface area contributed by atoms with Gasteiger partial charge in [-0.3, -0.25) is 15.0 Å². The minimum atomic E-state index is -0.331. The zero-order valence-corrected chi connectivity index (χ0v) is 14.1. The van der Waals surface area contributed by atoms with Gasteiger partial charge in [0.05, 0.1) is 11.0 Å². The summed E-state index contributed by atoms with van der Waals surface area (Å²) in [5.74, 6) is 0. The summed E-state index contributed by atoms with van der Waals surface area (Å²) in [5, 5.41) is 26.5. The van der Waals surface area contributed by atoms with Crippen LogP contribution in [0.2, 0.25) is 0 Å². The Morgan fingerprint density at radius 2 is 2.04 bits per heavy atom. The molecule has 0 bridgehead atoms. The highest BCUT2D eigenvalue weighted by Crippen LogP contribution is 2.26. The summed E-state index contributed by atoms with van der Waals surface area (Å²) in [6, 6.07) is 2.47. The van der Waals surface area contributed by atoms with Gasteiger partial charge >= 0.3 is 5.00 Å². The molecule has 0 spiro atoms. The number of aliphatic hydroxyl groups excluding tert-OH is 1. The fraction of sp³-hybridized carbons (Fsp3) is 0.750. The van der Waals surface area contributed by atoms with E-state index in [4.69, 9.17) is 0 Å². The van der Waals surface area contributed by atoms with E-state index >= 15 is 0 Å². The largest absolute Gasteiger partial charge is 0.391 e. The molecular weight excluding hydrogens is 314 g/mol. The lowest BCUT2D eigenvalue weighted by Crippen LogP contribution is -2.51. The number of nitrogens with one attached hydrogen (secondary N) is 1. The van der Waals surface area contributed by atoms with Crippen molar-refractivity contribution in [2.24, 2.45) is 0 Å². The molecule has 2 atom stereocenters. The minimum Gasteiger partial charge on any atom is -0.391 e. The molecule has 0 amide bonds. The highest BCUT2D eigenvalue weighted by atomic mass is 32.1. The molecule has 1 aromatic heterocycles. The lowest BCUT2D eigenvalue weighted by Gasteiger charge is -2.41. The smallest absolute Gasteiger partial charge is 0.324 e. The van der Waals surface area contributed by atoms with Gasteiger partial charge in [0.1, 0.15) is 0 Å². The van der Waals surface area contributed by atoms with Crippen LogP contribution in [-0.4, -0.2) is 46.2 Å². The van der Waals surface area contributed by atoms with Gasteiger partial charge in [-0.1, -0.05) is 24.2 Å². The van der Waals surface area contributed by atoms with E-state index in [0.29, 0.717) is 18.6 Å². The van der Waals surface area contributed by atoms with Crippen molar-refractivity contribution in [3.8, 4) is 0 Å². The summed E-state index contributed by atoms with van der Waals surface area (Å²) >= 11 is 1.19. The SMILES string of the molecule is O=[N+]([O-])c1cc(CNC2CCN(C3CCCCC3O)CC2)cs1. The first-order valence-corrected chi connectivity index (χ1v) is 9.39. The zero-order valence-electron chi connectivity index (χ0n) is 13.3. The lowest BCUT2D eigenvalue weighted by atomic mass is 9.89. The monoisotopic (exact) mass is 339 g/mol. The van der Waals surface area contributed by atoms with Gasteiger partial charge in [-0.2, -0.15) is 0 Å². The van der Waals surface area contributed by atoms with Gasteiger partial charge in [0.15, 0.2) is 0 Å². The van der Waals surface area contributed by atoms with Crippen LogP contribution >= 0.6 is 11.3 Å². The van der Waals surface area contributed by atoms with Crippen LogP contribution in [0.1, 0.15) is 44.1 Å². The Labute approximate surface area is 140 Å². The molecule has 2 aliphatic rings. The van der Waals surface area contributed by atoms with Crippen molar-refractivity contribution in [2.75, 3.05) is 13.1 Å². The second-order valence-electron chi connectivity index (χ2n) is 6.66. The quantitative estimate of drug-likeness (QED) is 0.636. The van der Waals surface area contributed by atoms with Crippen LogP contribution in [-0.2, 0) is 6.54 Å². The summed E-state index contributed by atoms with van der Waals surface area (Å²) in [4.78, 5) is 12.8. The van der Waals surface area contributed by atoms with E-state index in [0.717, 1.165) is 50.8 Å². The Balaban J connectivity index is 1.42. The van der Waals surface area contributed by atoms with E-state index in [1.54, 1.807) is 6.07 Å². The van der Waals surface area contributed by atoms with Gasteiger partial charge < -0.3 is 10.4 Å². The molecule has 1 saturated carbocycles. The molecule has 128 valence electrons. The van der Waals surface area contributed by atoms with Crippen LogP contribution in [0.15, 0.2) is 11.4 Å². The van der Waals surface area contributed by atoms with Gasteiger partial charge in [0.25, 0.3) is 0 Å². The Kier molecular flexibility index (Phi) is 5.63. The number of likely N-dealkylation sites (tertiary alicyclic amines) is 1. The van der Waals surface area contributed by atoms with Crippen LogP contribution in [0, 0.1) is 10.1 Å². The van der Waals surface area contributed by atoms with Gasteiger partial charge in [-0.15, -0.1) is 0 Å². The Morgan fingerprint density at radius 1 is 1.30 bits per heavy atom. The molecule has 7 heteroatoms. The van der Waals surface area contributed by atoms with Gasteiger partial charge in [0.2, 0.25) is 0 Å². The number of nitrogens with zero attached hydrogens (tertiary/aromatic N) is 2. The zero-order chi connectivity index (χ0) is 16.2. The molecule has 23 heavy (non-hydrogen) atoms. The van der Waals surface area contributed by atoms with E-state index in [-0.39, 0.29) is 16.0 Å². The molecule has 0 aromatic carbocycles. The van der Waals surface area contributed by atoms with Crippen LogP contribution < -0.4 is 5.32 Å². The minimum absolute atomic E-state index is 0.153. The van der Waals surface area contributed by atoms with Crippen molar-refractivity contribution in [3.63, 3.8) is 0 Å². The standard InChI is InChI=1S/C16H25N3O3S/c20-15-4-2-1-3-14(15)18-7-5-13(6-8-18)17-10-12-9-16(19(21)22)23-11-12/h9,11,13-15,17,20H,1-8,10H2. The highest BCUT2D eigenvalue weighted by molar-refractivity contribution is 7.13. The molecule has 1 saturated heterocycles. The lowest BCUT2D eigenvalue weighted by molar-refractivity contribution is -0.380. The van der Waals surface area contributed by atoms with Crippen molar-refractivity contribution in [2.45, 2.75) is 63.3 Å². The maximum absolute atomic E-state index is 10.7. The molecule has 2 fully saturated rings. The fourth-order valence-corrected chi connectivity index (χ4v) is 4.50. The number of aliphatic hydroxyl groups is 1. The van der Waals surface area contributed by atoms with Crippen molar-refractivity contribution < 1.29 is 10.0 Å². The van der Waals surface area contributed by atoms with Gasteiger partial charge in [-0.05, 0) is 31.2 Å². The van der Waals surface area contributed by atoms with Gasteiger partial charge in [-0.25, -0.2) is 0 Å². The van der Waals surface area contributed by atoms with Crippen molar-refractivity contribution >= 4 is 16.3 Å². The number of hydrogen-bond acceptors (Lipinski definition) is 6. The second-order valence-corrected chi connectivity index (χ2v) is 7.55. The third kappa shape index (κ3) is 4.29. The summed E-state index contributed by atoms with van der Waals surface area (Å²) in [7, 11) is 0. The first kappa shape index (κ1) is 16.8. The maximum atomic E-state index is 10.7. The first-order chi connectivity index (χ1) is 11.1. The molecular formula is C16H25N3O3S. The average molecular weight is 339 g/mol. The number of rotatable bonds is 5. The predicted molar refractivity (Wildman–Crippen MR) is 90.7 cm³/mol. The van der Waals surface area contributed by atoms with E-state index < -0.39 is 0 Å². The third-order valence-corrected chi connectivity index (χ3v) is 6.04. The van der Waals surface area contributed by atoms with Crippen LogP contribution in [0.3, 0.4) is 0 Å². The predicted octanol–water partition coefficient (Wildman–Crippen LogP) is 2.51. The number of nitro groups is 1. The molecule has 2 heterocycles. The third-order valence-electron chi connectivity index (χ3n) is 5.11. The molecule has 3 rings (SSSR count). The van der Waals surface area contributed by atoms with Crippen LogP contribution in [0.4, 0.5) is 5.00 Å². The molecule has 2 unspecified atom stereocenters. The van der Waals surface area contributed by atoms with Crippen molar-refractivity contribution in [3.05, 3.63) is 27.1 Å². The Morgan fingerprint density at radius 3 is 2.70 bits per heavy atom. The molecule has 1 aliphatic heterocycles. The average Bonchev–Trinajstić information content (AvgIpc) is 3.03. The molecule has 0 radical (unpaired) electrons. The van der Waals surface area contributed by atoms with Crippen molar-refractivity contribution in [1.29, 1.82) is 0 Å². The topological polar surface area (TPSA) is 78.6 Å². The molecule has 6 nitrogen and oxygen atoms in total. The summed E-state index contributed by atoms with van der Waals surface area (Å²) in [6.45, 7) is 2.76. The number of hydrogen-bond donors (Lipinski definition) is 2. The first-order valence-electron chi connectivity index (χ1n) is 8.51. The van der Waals surface area contributed by atoms with Crippen molar-refractivity contribution in [1.82, 2.24) is 10.2 Å². The summed E-state index contributed by atoms with van der Waals surface area (Å²) < 4.78 is 0. The Hall–Kier alpha value is -1.02. The van der Waals surface area contributed by atoms with Crippen LogP contribution in [0.25, 0.3) is 0 Å². The highest BCUT2D eigenvalue weighted by Gasteiger charge is 2.31. The molecule has 2 N–H and O–H groups in total. The number of thiophene rings is 1. The molecule has 1 aromatic rings. The van der Waals surface area contributed by atoms with Gasteiger partial charge in [0, 0.05) is 43.2 Å². The van der Waals surface area contributed by atoms with E-state index in [9.17, 15) is 15.2 Å². The normalized spacial score (nSPS) is 27.2. The Bertz CT molecular complexity index is 528. The molecule has 1 aliphatic carbocycles. The van der Waals surface area contributed by atoms with Crippen LogP contribution in [0.5, 0.6) is 0 Å². The fourth-order valence-electron chi connectivity index (χ4n) is 3.77. The van der Waals surface area contributed by atoms with E-state index in [1.807, 2.05) is 5.38 Å². The maximum Gasteiger partial charge on any atom is 0.324 e. The van der Waals surface area contributed by atoms with E-state index in [2.05, 4.69) is 10.2 Å². The summed E-state index contributed by atoms with van der Waals surface area (Å²) in [6.07, 6.45) is 6.46. The summed E-state index contributed by atoms with van der Waals surface area (Å²) in [5.41, 5.74) is 0.992. The second kappa shape index (κ2) is 7.70. The number of piperidine rings is 1.